The summed E-state index contributed by atoms with van der Waals surface area (Å²) in [5, 5.41) is 15.8. The minimum absolute atomic E-state index is 0.0961. The molecule has 6 nitrogen and oxygen atoms in total. The van der Waals surface area contributed by atoms with Gasteiger partial charge in [0, 0.05) is 31.2 Å². The Morgan fingerprint density at radius 1 is 1.24 bits per heavy atom. The lowest BCUT2D eigenvalue weighted by atomic mass is 10.1. The lowest BCUT2D eigenvalue weighted by molar-refractivity contribution is 0.679. The molecule has 0 radical (unpaired) electrons. The van der Waals surface area contributed by atoms with Crippen LogP contribution in [0.3, 0.4) is 0 Å². The number of nitrogens with one attached hydrogen (secondary N) is 2. The highest BCUT2D eigenvalue weighted by molar-refractivity contribution is 6.30. The predicted octanol–water partition coefficient (Wildman–Crippen LogP) is 2.85. The van der Waals surface area contributed by atoms with E-state index < -0.39 is 0 Å². The van der Waals surface area contributed by atoms with Crippen molar-refractivity contribution in [3.8, 4) is 0 Å². The molecule has 0 saturated carbocycles. The summed E-state index contributed by atoms with van der Waals surface area (Å²) in [5.41, 5.74) is 1.97. The van der Waals surface area contributed by atoms with Gasteiger partial charge in [-0.15, -0.1) is 10.2 Å². The summed E-state index contributed by atoms with van der Waals surface area (Å²) in [6, 6.07) is 13.8. The highest BCUT2D eigenvalue weighted by Crippen LogP contribution is 2.17. The van der Waals surface area contributed by atoms with Gasteiger partial charge in [0.15, 0.2) is 11.6 Å². The van der Waals surface area contributed by atoms with E-state index in [4.69, 9.17) is 11.6 Å². The highest BCUT2D eigenvalue weighted by Gasteiger charge is 2.09. The van der Waals surface area contributed by atoms with Gasteiger partial charge < -0.3 is 10.6 Å². The predicted molar refractivity (Wildman–Crippen MR) is 101 cm³/mol. The SMILES string of the molecule is CN=C(NCCc1nnc2ccccn12)NC(C)c1cccc(Cl)c1. The molecule has 0 amide bonds. The van der Waals surface area contributed by atoms with Gasteiger partial charge >= 0.3 is 0 Å². The quantitative estimate of drug-likeness (QED) is 0.545. The van der Waals surface area contributed by atoms with Crippen LogP contribution < -0.4 is 10.6 Å². The summed E-state index contributed by atoms with van der Waals surface area (Å²) in [4.78, 5) is 4.28. The second-order valence-electron chi connectivity index (χ2n) is 5.72. The van der Waals surface area contributed by atoms with E-state index in [1.165, 1.54) is 0 Å². The summed E-state index contributed by atoms with van der Waals surface area (Å²) >= 11 is 6.06. The van der Waals surface area contributed by atoms with Crippen molar-refractivity contribution in [3.63, 3.8) is 0 Å². The first kappa shape index (κ1) is 17.2. The van der Waals surface area contributed by atoms with Crippen LogP contribution in [0.25, 0.3) is 5.65 Å². The van der Waals surface area contributed by atoms with Gasteiger partial charge in [-0.2, -0.15) is 0 Å². The van der Waals surface area contributed by atoms with Crippen LogP contribution in [0.1, 0.15) is 24.4 Å². The Balaban J connectivity index is 1.56. The van der Waals surface area contributed by atoms with Crippen LogP contribution in [0.15, 0.2) is 53.7 Å². The van der Waals surface area contributed by atoms with Gasteiger partial charge in [-0.25, -0.2) is 0 Å². The summed E-state index contributed by atoms with van der Waals surface area (Å²) in [5.74, 6) is 1.66. The molecule has 7 heteroatoms. The molecule has 0 aliphatic rings. The number of aliphatic imine (C=N–C) groups is 1. The largest absolute Gasteiger partial charge is 0.356 e. The average Bonchev–Trinajstić information content (AvgIpc) is 3.04. The number of benzene rings is 1. The van der Waals surface area contributed by atoms with Crippen molar-refractivity contribution in [2.75, 3.05) is 13.6 Å². The molecule has 3 rings (SSSR count). The third kappa shape index (κ3) is 4.28. The standard InChI is InChI=1S/C18H21ClN6/c1-13(14-6-5-7-15(19)12-14)22-18(20-2)21-10-9-17-24-23-16-8-3-4-11-25(16)17/h3-8,11-13H,9-10H2,1-2H3,(H2,20,21,22). The van der Waals surface area contributed by atoms with E-state index in [1.807, 2.05) is 53.1 Å². The topological polar surface area (TPSA) is 66.6 Å². The maximum atomic E-state index is 6.06. The Morgan fingerprint density at radius 3 is 2.92 bits per heavy atom. The smallest absolute Gasteiger partial charge is 0.191 e. The lowest BCUT2D eigenvalue weighted by Crippen LogP contribution is -2.39. The van der Waals surface area contributed by atoms with Crippen molar-refractivity contribution in [2.45, 2.75) is 19.4 Å². The second kappa shape index (κ2) is 7.98. The summed E-state index contributed by atoms with van der Waals surface area (Å²) < 4.78 is 1.99. The zero-order chi connectivity index (χ0) is 17.6. The molecule has 1 unspecified atom stereocenters. The maximum absolute atomic E-state index is 6.06. The number of hydrogen-bond donors (Lipinski definition) is 2. The Labute approximate surface area is 152 Å². The highest BCUT2D eigenvalue weighted by atomic mass is 35.5. The van der Waals surface area contributed by atoms with Crippen molar-refractivity contribution in [1.82, 2.24) is 25.2 Å². The molecule has 2 N–H and O–H groups in total. The number of fused-ring (bicyclic) bond motifs is 1. The molecule has 2 heterocycles. The van der Waals surface area contributed by atoms with Crippen LogP contribution in [-0.4, -0.2) is 34.2 Å². The van der Waals surface area contributed by atoms with Gasteiger partial charge in [-0.3, -0.25) is 9.39 Å². The van der Waals surface area contributed by atoms with Crippen molar-refractivity contribution >= 4 is 23.2 Å². The van der Waals surface area contributed by atoms with E-state index in [1.54, 1.807) is 7.05 Å². The summed E-state index contributed by atoms with van der Waals surface area (Å²) in [6.07, 6.45) is 2.72. The van der Waals surface area contributed by atoms with Crippen LogP contribution in [-0.2, 0) is 6.42 Å². The summed E-state index contributed by atoms with van der Waals surface area (Å²) in [6.45, 7) is 2.78. The Bertz CT molecular complexity index is 873. The fourth-order valence-corrected chi connectivity index (χ4v) is 2.81. The molecule has 1 atom stereocenters. The van der Waals surface area contributed by atoms with Crippen molar-refractivity contribution in [1.29, 1.82) is 0 Å². The Hall–Kier alpha value is -2.60. The Kier molecular flexibility index (Phi) is 5.50. The normalized spacial score (nSPS) is 13.0. The van der Waals surface area contributed by atoms with Crippen molar-refractivity contribution < 1.29 is 0 Å². The monoisotopic (exact) mass is 356 g/mol. The number of nitrogens with zero attached hydrogens (tertiary/aromatic N) is 4. The van der Waals surface area contributed by atoms with Gasteiger partial charge in [0.2, 0.25) is 0 Å². The number of halogens is 1. The van der Waals surface area contributed by atoms with Crippen molar-refractivity contribution in [3.05, 3.63) is 65.1 Å². The number of guanidine groups is 1. The minimum atomic E-state index is 0.0961. The van der Waals surface area contributed by atoms with Crippen LogP contribution in [0.5, 0.6) is 0 Å². The molecular formula is C18H21ClN6. The average molecular weight is 357 g/mol. The van der Waals surface area contributed by atoms with Gasteiger partial charge in [0.25, 0.3) is 0 Å². The number of pyridine rings is 1. The molecule has 3 aromatic rings. The first-order chi connectivity index (χ1) is 12.2. The first-order valence-corrected chi connectivity index (χ1v) is 8.56. The lowest BCUT2D eigenvalue weighted by Gasteiger charge is -2.18. The number of rotatable bonds is 5. The molecule has 1 aromatic carbocycles. The van der Waals surface area contributed by atoms with Crippen LogP contribution in [0.4, 0.5) is 0 Å². The first-order valence-electron chi connectivity index (χ1n) is 8.18. The van der Waals surface area contributed by atoms with E-state index in [0.717, 1.165) is 34.4 Å². The fourth-order valence-electron chi connectivity index (χ4n) is 2.61. The number of hydrogen-bond acceptors (Lipinski definition) is 3. The molecule has 25 heavy (non-hydrogen) atoms. The molecule has 0 spiro atoms. The van der Waals surface area contributed by atoms with E-state index in [9.17, 15) is 0 Å². The van der Waals surface area contributed by atoms with Crippen molar-refractivity contribution in [2.24, 2.45) is 4.99 Å². The molecule has 0 fully saturated rings. The van der Waals surface area contributed by atoms with Gasteiger partial charge in [0.1, 0.15) is 5.82 Å². The van der Waals surface area contributed by atoms with Gasteiger partial charge in [-0.05, 0) is 36.8 Å². The van der Waals surface area contributed by atoms with Gasteiger partial charge in [0.05, 0.1) is 6.04 Å². The minimum Gasteiger partial charge on any atom is -0.356 e. The van der Waals surface area contributed by atoms with E-state index in [0.29, 0.717) is 6.54 Å². The zero-order valence-electron chi connectivity index (χ0n) is 14.3. The molecule has 0 aliphatic carbocycles. The molecular weight excluding hydrogens is 336 g/mol. The molecule has 0 saturated heterocycles. The molecule has 0 aliphatic heterocycles. The maximum Gasteiger partial charge on any atom is 0.191 e. The third-order valence-electron chi connectivity index (χ3n) is 3.95. The van der Waals surface area contributed by atoms with Crippen LogP contribution >= 0.6 is 11.6 Å². The van der Waals surface area contributed by atoms with E-state index in [-0.39, 0.29) is 6.04 Å². The molecule has 130 valence electrons. The Morgan fingerprint density at radius 2 is 2.12 bits per heavy atom. The van der Waals surface area contributed by atoms with Crippen LogP contribution in [0, 0.1) is 0 Å². The molecule has 0 bridgehead atoms. The zero-order valence-corrected chi connectivity index (χ0v) is 15.0. The second-order valence-corrected chi connectivity index (χ2v) is 6.15. The number of aromatic nitrogens is 3. The van der Waals surface area contributed by atoms with Gasteiger partial charge in [-0.1, -0.05) is 29.8 Å². The van der Waals surface area contributed by atoms with Crippen LogP contribution in [0.2, 0.25) is 5.02 Å². The van der Waals surface area contributed by atoms with E-state index in [2.05, 4.69) is 32.7 Å². The fraction of sp³-hybridized carbons (Fsp3) is 0.278. The summed E-state index contributed by atoms with van der Waals surface area (Å²) in [7, 11) is 1.76. The third-order valence-corrected chi connectivity index (χ3v) is 4.19. The van der Waals surface area contributed by atoms with E-state index >= 15 is 0 Å². The molecule has 2 aromatic heterocycles.